The van der Waals surface area contributed by atoms with Gasteiger partial charge in [-0.15, -0.1) is 0 Å². The molecule has 0 unspecified atom stereocenters. The number of aliphatic hydroxyl groups excluding tert-OH is 10. The largest absolute Gasteiger partial charge is 0.477 e. The van der Waals surface area contributed by atoms with Crippen molar-refractivity contribution in [3.8, 4) is 0 Å². The number of aldehydes is 1. The zero-order valence-corrected chi connectivity index (χ0v) is 27.7. The molecule has 0 saturated carbocycles. The van der Waals surface area contributed by atoms with Crippen molar-refractivity contribution in [2.24, 2.45) is 5.92 Å². The van der Waals surface area contributed by atoms with E-state index in [2.05, 4.69) is 10.6 Å². The molecule has 22 heteroatoms. The van der Waals surface area contributed by atoms with Crippen LogP contribution in [0.4, 0.5) is 0 Å². The number of amides is 2. The van der Waals surface area contributed by atoms with E-state index in [1.165, 1.54) is 13.8 Å². The number of hydrogen-bond donors (Lipinski definition) is 13. The van der Waals surface area contributed by atoms with Crippen LogP contribution in [0.15, 0.2) is 0 Å². The average molecular weight is 745 g/mol. The first-order valence-corrected chi connectivity index (χ1v) is 16.1. The van der Waals surface area contributed by atoms with Crippen LogP contribution in [0.2, 0.25) is 0 Å². The molecule has 0 bridgehead atoms. The number of carboxylic acid groups (broad SMARTS) is 1. The first-order chi connectivity index (χ1) is 24.0. The van der Waals surface area contributed by atoms with Gasteiger partial charge in [0, 0.05) is 25.2 Å². The summed E-state index contributed by atoms with van der Waals surface area (Å²) in [6.45, 7) is 0.00428. The van der Waals surface area contributed by atoms with Gasteiger partial charge in [-0.1, -0.05) is 13.8 Å². The van der Waals surface area contributed by atoms with E-state index in [0.717, 1.165) is 0 Å². The topological polar surface area (TPSA) is 361 Å². The Kier molecular flexibility index (Phi) is 15.6. The van der Waals surface area contributed by atoms with Crippen LogP contribution >= 0.6 is 0 Å². The number of ether oxygens (including phenoxy) is 5. The maximum absolute atomic E-state index is 12.8. The molecule has 3 heterocycles. The predicted octanol–water partition coefficient (Wildman–Crippen LogP) is -7.48. The van der Waals surface area contributed by atoms with E-state index >= 15 is 0 Å². The first-order valence-electron chi connectivity index (χ1n) is 16.1. The molecule has 0 aliphatic carbocycles. The Morgan fingerprint density at radius 3 is 2.10 bits per heavy atom. The number of aliphatic carboxylic acids is 1. The minimum Gasteiger partial charge on any atom is -0.477 e. The van der Waals surface area contributed by atoms with E-state index in [1.807, 2.05) is 0 Å². The standard InChI is InChI=1S/C29H48N2O20/c1-10(2)25(44)31-16-11(36)6-29(28(45)46,50-23(16)17(39)12(37)7-33)51-24-18(40)13(8-34)48-27(21(24)43)49-22-14(9-35)47-26(20(42)19(22)41)30-15(38)4-3-5-32/h5,10-14,16-24,26-27,33-37,39-43H,3-4,6-9H2,1-2H3,(H,30,38)(H,31,44)(H,45,46)/t11-,12+,13+,14+,16+,17+,18-,19+,20+,21+,22+,23+,24-,26+,27-,29-/m0/s1. The van der Waals surface area contributed by atoms with Crippen molar-refractivity contribution in [2.75, 3.05) is 19.8 Å². The van der Waals surface area contributed by atoms with Crippen molar-refractivity contribution in [1.29, 1.82) is 0 Å². The van der Waals surface area contributed by atoms with Gasteiger partial charge in [-0.25, -0.2) is 4.79 Å². The van der Waals surface area contributed by atoms with Crippen molar-refractivity contribution in [3.63, 3.8) is 0 Å². The fourth-order valence-electron chi connectivity index (χ4n) is 5.82. The van der Waals surface area contributed by atoms with E-state index in [9.17, 15) is 75.3 Å². The lowest BCUT2D eigenvalue weighted by Gasteiger charge is -2.50. The number of hydrogen-bond acceptors (Lipinski definition) is 19. The Labute approximate surface area is 290 Å². The molecule has 3 aliphatic heterocycles. The van der Waals surface area contributed by atoms with E-state index in [1.54, 1.807) is 0 Å². The van der Waals surface area contributed by atoms with E-state index in [-0.39, 0.29) is 12.8 Å². The van der Waals surface area contributed by atoms with Crippen molar-refractivity contribution in [1.82, 2.24) is 10.6 Å². The second kappa shape index (κ2) is 18.5. The van der Waals surface area contributed by atoms with Crippen LogP contribution in [-0.4, -0.2) is 198 Å². The minimum absolute atomic E-state index is 0.154. The number of carbonyl (C=O) groups is 4. The Morgan fingerprint density at radius 2 is 1.55 bits per heavy atom. The van der Waals surface area contributed by atoms with Crippen molar-refractivity contribution in [3.05, 3.63) is 0 Å². The number of nitrogens with one attached hydrogen (secondary N) is 2. The van der Waals surface area contributed by atoms with Crippen LogP contribution in [0.3, 0.4) is 0 Å². The van der Waals surface area contributed by atoms with Crippen molar-refractivity contribution >= 4 is 24.1 Å². The van der Waals surface area contributed by atoms with Crippen molar-refractivity contribution in [2.45, 2.75) is 131 Å². The second-order valence-electron chi connectivity index (χ2n) is 12.8. The molecule has 0 radical (unpaired) electrons. The van der Waals surface area contributed by atoms with Crippen LogP contribution in [0.5, 0.6) is 0 Å². The number of carboxylic acids is 1. The smallest absolute Gasteiger partial charge is 0.364 e. The number of carbonyl (C=O) groups excluding carboxylic acids is 3. The lowest BCUT2D eigenvalue weighted by molar-refractivity contribution is -0.381. The summed E-state index contributed by atoms with van der Waals surface area (Å²) in [6.07, 6.45) is -28.0. The van der Waals surface area contributed by atoms with Gasteiger partial charge in [-0.05, 0) is 0 Å². The average Bonchev–Trinajstić information content (AvgIpc) is 3.09. The maximum atomic E-state index is 12.8. The summed E-state index contributed by atoms with van der Waals surface area (Å²) >= 11 is 0. The summed E-state index contributed by atoms with van der Waals surface area (Å²) in [5, 5.41) is 120. The Morgan fingerprint density at radius 1 is 0.902 bits per heavy atom. The molecule has 0 aromatic heterocycles. The van der Waals surface area contributed by atoms with Crippen LogP contribution in [0.1, 0.15) is 33.1 Å². The summed E-state index contributed by atoms with van der Waals surface area (Å²) in [7, 11) is 0. The lowest BCUT2D eigenvalue weighted by atomic mass is 9.87. The first kappa shape index (κ1) is 42.9. The molecule has 3 saturated heterocycles. The molecule has 22 nitrogen and oxygen atoms in total. The Bertz CT molecular complexity index is 1180. The highest BCUT2D eigenvalue weighted by atomic mass is 16.8. The molecule has 3 aliphatic rings. The zero-order chi connectivity index (χ0) is 38.4. The molecule has 2 amide bonds. The van der Waals surface area contributed by atoms with Gasteiger partial charge in [0.05, 0.1) is 32.0 Å². The van der Waals surface area contributed by atoms with Crippen LogP contribution < -0.4 is 10.6 Å². The van der Waals surface area contributed by atoms with Gasteiger partial charge in [-0.2, -0.15) is 0 Å². The van der Waals surface area contributed by atoms with Crippen LogP contribution in [0.25, 0.3) is 0 Å². The highest BCUT2D eigenvalue weighted by molar-refractivity contribution is 5.79. The molecule has 13 N–H and O–H groups in total. The second-order valence-corrected chi connectivity index (χ2v) is 12.8. The number of aliphatic hydroxyl groups is 10. The third kappa shape index (κ3) is 9.73. The van der Waals surface area contributed by atoms with Gasteiger partial charge in [0.1, 0.15) is 73.4 Å². The van der Waals surface area contributed by atoms with E-state index < -0.39 is 148 Å². The molecule has 294 valence electrons. The highest BCUT2D eigenvalue weighted by Crippen LogP contribution is 2.38. The van der Waals surface area contributed by atoms with E-state index in [4.69, 9.17) is 23.7 Å². The van der Waals surface area contributed by atoms with Gasteiger partial charge < -0.3 is 95.3 Å². The van der Waals surface area contributed by atoms with Gasteiger partial charge in [-0.3, -0.25) is 9.59 Å². The van der Waals surface area contributed by atoms with Gasteiger partial charge in [0.25, 0.3) is 5.79 Å². The highest BCUT2D eigenvalue weighted by Gasteiger charge is 2.60. The predicted molar refractivity (Wildman–Crippen MR) is 160 cm³/mol. The molecule has 0 spiro atoms. The molecular formula is C29H48N2O20. The summed E-state index contributed by atoms with van der Waals surface area (Å²) in [5.41, 5.74) is 0. The lowest BCUT2D eigenvalue weighted by Crippen LogP contribution is -2.71. The zero-order valence-electron chi connectivity index (χ0n) is 27.7. The monoisotopic (exact) mass is 744 g/mol. The number of rotatable bonds is 16. The third-order valence-corrected chi connectivity index (χ3v) is 8.75. The Balaban J connectivity index is 1.91. The van der Waals surface area contributed by atoms with Gasteiger partial charge >= 0.3 is 5.97 Å². The maximum Gasteiger partial charge on any atom is 0.364 e. The summed E-state index contributed by atoms with van der Waals surface area (Å²) in [4.78, 5) is 47.9. The summed E-state index contributed by atoms with van der Waals surface area (Å²) in [6, 6.07) is -1.58. The molecular weight excluding hydrogens is 696 g/mol. The fraction of sp³-hybridized carbons (Fsp3) is 0.862. The summed E-state index contributed by atoms with van der Waals surface area (Å²) < 4.78 is 27.8. The van der Waals surface area contributed by atoms with Gasteiger partial charge in [0.2, 0.25) is 11.8 Å². The fourth-order valence-corrected chi connectivity index (χ4v) is 5.82. The molecule has 0 aromatic rings. The molecule has 16 atom stereocenters. The van der Waals surface area contributed by atoms with Crippen molar-refractivity contribution < 1.29 is 99.0 Å². The quantitative estimate of drug-likeness (QED) is 0.0653. The van der Waals surface area contributed by atoms with E-state index in [0.29, 0.717) is 6.29 Å². The molecule has 0 aromatic carbocycles. The van der Waals surface area contributed by atoms with Crippen LogP contribution in [-0.2, 0) is 42.9 Å². The molecule has 51 heavy (non-hydrogen) atoms. The third-order valence-electron chi connectivity index (χ3n) is 8.75. The Hall–Kier alpha value is -2.52. The molecule has 3 rings (SSSR count). The SMILES string of the molecule is CC(C)C(=O)N[C@H]1[C@H]([C@H](O)[C@H](O)CO)O[C@@](O[C@H]2[C@@H](O)[C@@H](CO)O[C@@H](O[C@H]3[C@H](O)[C@@H](O)[C@H](NC(=O)CCC=O)O[C@@H]3CO)[C@@H]2O)(C(=O)O)C[C@@H]1O. The molecule has 3 fully saturated rings. The summed E-state index contributed by atoms with van der Waals surface area (Å²) in [5.74, 6) is -7.14. The van der Waals surface area contributed by atoms with Crippen LogP contribution in [0, 0.1) is 5.92 Å². The van der Waals surface area contributed by atoms with Gasteiger partial charge in [0.15, 0.2) is 12.5 Å². The normalized spacial score (nSPS) is 39.9. The minimum atomic E-state index is -3.07.